The van der Waals surface area contributed by atoms with Crippen molar-refractivity contribution in [2.75, 3.05) is 11.1 Å². The Labute approximate surface area is 175 Å². The van der Waals surface area contributed by atoms with Crippen molar-refractivity contribution < 1.29 is 14.0 Å². The highest BCUT2D eigenvalue weighted by atomic mass is 32.2. The molecule has 0 radical (unpaired) electrons. The van der Waals surface area contributed by atoms with Gasteiger partial charge >= 0.3 is 0 Å². The zero-order valence-electron chi connectivity index (χ0n) is 16.1. The van der Waals surface area contributed by atoms with Crippen molar-refractivity contribution >= 4 is 40.1 Å². The Bertz CT molecular complexity index is 1240. The molecule has 0 saturated heterocycles. The first-order valence-electron chi connectivity index (χ1n) is 9.68. The standard InChI is InChI=1S/C21H18FN5O2S/c1-2-3-10-30-20-24-18(28)17-13-6-4-5-7-15(13)25-21(27(17)26-20)14-11-12(22)8-9-16(14)23-19(21)29/h4-9,11H,2-3,10H2,1H3,(H,23,29)(H,24,26,28). The normalized spacial score (nSPS) is 21.3. The number of unbranched alkanes of at least 4 members (excludes halogenated alkanes) is 1. The van der Waals surface area contributed by atoms with Crippen molar-refractivity contribution in [2.24, 2.45) is 10.1 Å². The lowest BCUT2D eigenvalue weighted by Gasteiger charge is -2.39. The largest absolute Gasteiger partial charge is 0.321 e. The number of nitrogens with one attached hydrogen (secondary N) is 2. The van der Waals surface area contributed by atoms with Crippen LogP contribution < -0.4 is 21.2 Å². The first-order chi connectivity index (χ1) is 14.5. The molecule has 2 N–H and O–H groups in total. The van der Waals surface area contributed by atoms with E-state index in [4.69, 9.17) is 4.99 Å². The Morgan fingerprint density at radius 3 is 2.83 bits per heavy atom. The molecule has 2 aromatic rings. The molecule has 0 fully saturated rings. The summed E-state index contributed by atoms with van der Waals surface area (Å²) in [4.78, 5) is 31.1. The molecule has 0 aliphatic carbocycles. The summed E-state index contributed by atoms with van der Waals surface area (Å²) in [5.41, 5.74) is -0.691. The Morgan fingerprint density at radius 1 is 1.17 bits per heavy atom. The highest BCUT2D eigenvalue weighted by molar-refractivity contribution is 8.13. The summed E-state index contributed by atoms with van der Waals surface area (Å²) in [5, 5.41) is 13.0. The fourth-order valence-electron chi connectivity index (χ4n) is 3.83. The molecule has 0 aromatic heterocycles. The summed E-state index contributed by atoms with van der Waals surface area (Å²) >= 11 is 1.41. The third-order valence-electron chi connectivity index (χ3n) is 5.24. The number of hydrogen-bond donors (Lipinski definition) is 2. The molecule has 3 aliphatic rings. The highest BCUT2D eigenvalue weighted by Crippen LogP contribution is 2.45. The van der Waals surface area contributed by atoms with Crippen molar-refractivity contribution in [3.05, 3.63) is 64.4 Å². The number of hydrazone groups is 1. The number of benzene rings is 2. The van der Waals surface area contributed by atoms with Crippen LogP contribution in [-0.2, 0) is 15.3 Å². The summed E-state index contributed by atoms with van der Waals surface area (Å²) in [5.74, 6) is -0.574. The Hall–Kier alpha value is -3.20. The second-order valence-corrected chi connectivity index (χ2v) is 8.25. The number of nitrogens with zero attached hydrogens (tertiary/aromatic N) is 3. The Kier molecular flexibility index (Phi) is 4.35. The number of amides is 2. The van der Waals surface area contributed by atoms with Crippen molar-refractivity contribution in [1.29, 1.82) is 0 Å². The maximum absolute atomic E-state index is 14.2. The molecule has 2 aromatic carbocycles. The molecule has 7 nitrogen and oxygen atoms in total. The molecule has 3 heterocycles. The van der Waals surface area contributed by atoms with E-state index in [1.807, 2.05) is 0 Å². The van der Waals surface area contributed by atoms with E-state index in [1.54, 1.807) is 24.3 Å². The lowest BCUT2D eigenvalue weighted by molar-refractivity contribution is -0.127. The molecule has 9 heteroatoms. The molecule has 5 rings (SSSR count). The third-order valence-corrected chi connectivity index (χ3v) is 6.19. The van der Waals surface area contributed by atoms with Crippen LogP contribution in [0, 0.1) is 5.82 Å². The van der Waals surface area contributed by atoms with Gasteiger partial charge in [-0.2, -0.15) is 0 Å². The zero-order valence-corrected chi connectivity index (χ0v) is 16.9. The summed E-state index contributed by atoms with van der Waals surface area (Å²) in [7, 11) is 0. The van der Waals surface area contributed by atoms with Crippen LogP contribution in [0.4, 0.5) is 10.1 Å². The van der Waals surface area contributed by atoms with Crippen LogP contribution in [0.1, 0.15) is 25.3 Å². The lowest BCUT2D eigenvalue weighted by atomic mass is 9.97. The smallest absolute Gasteiger partial charge is 0.279 e. The minimum atomic E-state index is -1.69. The number of carbonyl (C=O) groups excluding carboxylic acids is 2. The fourth-order valence-corrected chi connectivity index (χ4v) is 4.76. The minimum absolute atomic E-state index is 0.215. The van der Waals surface area contributed by atoms with Crippen molar-refractivity contribution in [3.63, 3.8) is 0 Å². The fraction of sp³-hybridized carbons (Fsp3) is 0.238. The van der Waals surface area contributed by atoms with Gasteiger partial charge in [-0.1, -0.05) is 43.3 Å². The number of amidine groups is 1. The molecule has 30 heavy (non-hydrogen) atoms. The van der Waals surface area contributed by atoms with Crippen LogP contribution in [0.3, 0.4) is 0 Å². The Morgan fingerprint density at radius 2 is 2.00 bits per heavy atom. The number of halogens is 1. The van der Waals surface area contributed by atoms with E-state index in [1.165, 1.54) is 35.0 Å². The van der Waals surface area contributed by atoms with Gasteiger partial charge < -0.3 is 5.32 Å². The van der Waals surface area contributed by atoms with Gasteiger partial charge in [0.05, 0.1) is 5.36 Å². The maximum Gasteiger partial charge on any atom is 0.279 e. The average molecular weight is 423 g/mol. The number of fused-ring (bicyclic) bond motifs is 5. The highest BCUT2D eigenvalue weighted by Gasteiger charge is 2.56. The molecule has 1 spiro atoms. The number of rotatable bonds is 3. The van der Waals surface area contributed by atoms with Crippen LogP contribution in [0.5, 0.6) is 0 Å². The first kappa shape index (κ1) is 18.8. The molecule has 152 valence electrons. The van der Waals surface area contributed by atoms with Gasteiger partial charge in [-0.15, -0.1) is 5.10 Å². The number of anilines is 1. The summed E-state index contributed by atoms with van der Waals surface area (Å²) in [6, 6.07) is 11.1. The van der Waals surface area contributed by atoms with Gasteiger partial charge in [0, 0.05) is 22.2 Å². The minimum Gasteiger partial charge on any atom is -0.321 e. The van der Waals surface area contributed by atoms with Gasteiger partial charge in [0.1, 0.15) is 11.5 Å². The van der Waals surface area contributed by atoms with E-state index in [2.05, 4.69) is 22.7 Å². The second kappa shape index (κ2) is 6.94. The molecule has 0 saturated carbocycles. The number of hydrogen-bond acceptors (Lipinski definition) is 6. The van der Waals surface area contributed by atoms with Gasteiger partial charge in [-0.25, -0.2) is 14.4 Å². The first-order valence-corrected chi connectivity index (χ1v) is 10.7. The van der Waals surface area contributed by atoms with Gasteiger partial charge in [0.15, 0.2) is 5.17 Å². The topological polar surface area (TPSA) is 86.2 Å². The zero-order chi connectivity index (χ0) is 20.9. The average Bonchev–Trinajstić information content (AvgIpc) is 3.00. The van der Waals surface area contributed by atoms with Gasteiger partial charge in [-0.05, 0) is 30.7 Å². The van der Waals surface area contributed by atoms with Crippen LogP contribution in [-0.4, -0.2) is 27.7 Å². The van der Waals surface area contributed by atoms with E-state index >= 15 is 0 Å². The molecule has 1 unspecified atom stereocenters. The van der Waals surface area contributed by atoms with Gasteiger partial charge in [-0.3, -0.25) is 14.9 Å². The predicted octanol–water partition coefficient (Wildman–Crippen LogP) is 1.61. The third kappa shape index (κ3) is 2.65. The number of carbonyl (C=O) groups is 2. The van der Waals surface area contributed by atoms with Gasteiger partial charge in [0.25, 0.3) is 17.5 Å². The quantitative estimate of drug-likeness (QED) is 0.735. The summed E-state index contributed by atoms with van der Waals surface area (Å²) in [6.07, 6.45) is 1.97. The second-order valence-electron chi connectivity index (χ2n) is 7.17. The van der Waals surface area contributed by atoms with E-state index < -0.39 is 17.4 Å². The Balaban J connectivity index is 1.78. The molecular formula is C21H18FN5O2S. The van der Waals surface area contributed by atoms with Crippen LogP contribution in [0.25, 0.3) is 5.70 Å². The van der Waals surface area contributed by atoms with Gasteiger partial charge in [0.2, 0.25) is 0 Å². The van der Waals surface area contributed by atoms with Crippen LogP contribution >= 0.6 is 11.8 Å². The van der Waals surface area contributed by atoms with Crippen molar-refractivity contribution in [3.8, 4) is 0 Å². The summed E-state index contributed by atoms with van der Waals surface area (Å²) in [6.45, 7) is 2.08. The molecule has 3 aliphatic heterocycles. The molecule has 0 bridgehead atoms. The molecular weight excluding hydrogens is 405 g/mol. The van der Waals surface area contributed by atoms with Crippen molar-refractivity contribution in [2.45, 2.75) is 25.4 Å². The van der Waals surface area contributed by atoms with E-state index in [0.717, 1.165) is 18.6 Å². The monoisotopic (exact) mass is 423 g/mol. The molecule has 2 amide bonds. The summed E-state index contributed by atoms with van der Waals surface area (Å²) < 4.78 is 14.2. The van der Waals surface area contributed by atoms with Crippen molar-refractivity contribution in [1.82, 2.24) is 10.3 Å². The molecule has 1 atom stereocenters. The van der Waals surface area contributed by atoms with E-state index in [-0.39, 0.29) is 11.6 Å². The maximum atomic E-state index is 14.2. The van der Waals surface area contributed by atoms with Crippen LogP contribution in [0.2, 0.25) is 0 Å². The van der Waals surface area contributed by atoms with E-state index in [9.17, 15) is 14.0 Å². The van der Waals surface area contributed by atoms with Crippen LogP contribution in [0.15, 0.2) is 52.6 Å². The number of thioether (sulfide) groups is 1. The predicted molar refractivity (Wildman–Crippen MR) is 112 cm³/mol. The SMILES string of the molecule is CCCCSC1=NN2C(=c3ccccc3=NC23C(=O)Nc2ccc(F)cc23)C(=O)N1. The number of para-hydroxylation sites is 1. The lowest BCUT2D eigenvalue weighted by Crippen LogP contribution is -2.59. The van der Waals surface area contributed by atoms with E-state index in [0.29, 0.717) is 27.0 Å².